The van der Waals surface area contributed by atoms with E-state index in [9.17, 15) is 13.2 Å². The lowest BCUT2D eigenvalue weighted by Crippen LogP contribution is -2.51. The Morgan fingerprint density at radius 3 is 2.78 bits per heavy atom. The second-order valence-electron chi connectivity index (χ2n) is 4.61. The number of ether oxygens (including phenoxy) is 1. The topological polar surface area (TPSA) is 75.7 Å². The molecule has 0 spiro atoms. The molecule has 7 heteroatoms. The molecule has 106 valence electrons. The maximum Gasteiger partial charge on any atom is 0.251 e. The lowest BCUT2D eigenvalue weighted by molar-refractivity contribution is -0.143. The average Bonchev–Trinajstić information content (AvgIpc) is 2.26. The van der Waals surface area contributed by atoms with Crippen molar-refractivity contribution in [1.82, 2.24) is 9.62 Å². The Morgan fingerprint density at radius 1 is 1.56 bits per heavy atom. The maximum absolute atomic E-state index is 12.0. The van der Waals surface area contributed by atoms with Crippen molar-refractivity contribution in [2.45, 2.75) is 38.8 Å². The zero-order valence-corrected chi connectivity index (χ0v) is 12.0. The van der Waals surface area contributed by atoms with E-state index in [0.29, 0.717) is 19.7 Å². The Balaban J connectivity index is 2.55. The standard InChI is InChI=1S/C11H22N2O4S/c1-4-17-9(2)11(14)13-7-5-6-10(8-13)12-18(3,15)16/h9-10,12H,4-8H2,1-3H3/t9-,10-/m0/s1. The third-order valence-corrected chi connectivity index (χ3v) is 3.64. The Hall–Kier alpha value is -0.660. The minimum atomic E-state index is -3.22. The molecule has 1 aliphatic heterocycles. The molecule has 0 aromatic rings. The first-order valence-corrected chi connectivity index (χ1v) is 8.10. The van der Waals surface area contributed by atoms with E-state index in [1.165, 1.54) is 0 Å². The lowest BCUT2D eigenvalue weighted by atomic mass is 10.1. The minimum absolute atomic E-state index is 0.0724. The molecule has 0 aromatic heterocycles. The van der Waals surface area contributed by atoms with E-state index >= 15 is 0 Å². The molecule has 0 aliphatic carbocycles. The van der Waals surface area contributed by atoms with Crippen molar-refractivity contribution >= 4 is 15.9 Å². The van der Waals surface area contributed by atoms with Crippen LogP contribution in [-0.4, -0.2) is 57.3 Å². The monoisotopic (exact) mass is 278 g/mol. The fourth-order valence-electron chi connectivity index (χ4n) is 2.15. The molecule has 0 unspecified atom stereocenters. The molecule has 6 nitrogen and oxygen atoms in total. The van der Waals surface area contributed by atoms with E-state index in [0.717, 1.165) is 19.1 Å². The number of amides is 1. The minimum Gasteiger partial charge on any atom is -0.369 e. The normalized spacial score (nSPS) is 22.8. The molecule has 2 atom stereocenters. The number of piperidine rings is 1. The number of hydrogen-bond donors (Lipinski definition) is 1. The van der Waals surface area contributed by atoms with Crippen LogP contribution in [-0.2, 0) is 19.6 Å². The predicted octanol–water partition coefficient (Wildman–Crippen LogP) is -0.0484. The van der Waals surface area contributed by atoms with Crippen LogP contribution in [0.2, 0.25) is 0 Å². The van der Waals surface area contributed by atoms with Crippen LogP contribution in [0.15, 0.2) is 0 Å². The van der Waals surface area contributed by atoms with Gasteiger partial charge in [0.05, 0.1) is 6.26 Å². The maximum atomic E-state index is 12.0. The molecular formula is C11H22N2O4S. The van der Waals surface area contributed by atoms with Crippen molar-refractivity contribution in [2.75, 3.05) is 26.0 Å². The van der Waals surface area contributed by atoms with Gasteiger partial charge in [-0.3, -0.25) is 4.79 Å². The van der Waals surface area contributed by atoms with Gasteiger partial charge in [0.2, 0.25) is 10.0 Å². The molecule has 1 fully saturated rings. The van der Waals surface area contributed by atoms with Gasteiger partial charge in [0.15, 0.2) is 0 Å². The molecule has 0 radical (unpaired) electrons. The Morgan fingerprint density at radius 2 is 2.22 bits per heavy atom. The van der Waals surface area contributed by atoms with Gasteiger partial charge in [0.1, 0.15) is 6.10 Å². The summed E-state index contributed by atoms with van der Waals surface area (Å²) in [6.45, 7) is 5.14. The van der Waals surface area contributed by atoms with Crippen molar-refractivity contribution in [1.29, 1.82) is 0 Å². The average molecular weight is 278 g/mol. The largest absolute Gasteiger partial charge is 0.369 e. The molecule has 0 saturated carbocycles. The number of rotatable bonds is 5. The molecule has 1 amide bonds. The van der Waals surface area contributed by atoms with Crippen molar-refractivity contribution in [3.8, 4) is 0 Å². The summed E-state index contributed by atoms with van der Waals surface area (Å²) in [5.74, 6) is -0.0724. The highest BCUT2D eigenvalue weighted by atomic mass is 32.2. The van der Waals surface area contributed by atoms with E-state index in [1.54, 1.807) is 11.8 Å². The van der Waals surface area contributed by atoms with Gasteiger partial charge in [-0.1, -0.05) is 0 Å². The summed E-state index contributed by atoms with van der Waals surface area (Å²) in [5, 5.41) is 0. The fourth-order valence-corrected chi connectivity index (χ4v) is 2.95. The van der Waals surface area contributed by atoms with Gasteiger partial charge in [-0.15, -0.1) is 0 Å². The number of nitrogens with zero attached hydrogens (tertiary/aromatic N) is 1. The summed E-state index contributed by atoms with van der Waals surface area (Å²) >= 11 is 0. The lowest BCUT2D eigenvalue weighted by Gasteiger charge is -2.34. The van der Waals surface area contributed by atoms with Crippen LogP contribution in [0.25, 0.3) is 0 Å². The molecule has 1 N–H and O–H groups in total. The Kier molecular flexibility index (Phi) is 5.55. The van der Waals surface area contributed by atoms with Crippen LogP contribution < -0.4 is 4.72 Å². The van der Waals surface area contributed by atoms with Gasteiger partial charge in [0.25, 0.3) is 5.91 Å². The summed E-state index contributed by atoms with van der Waals surface area (Å²) in [7, 11) is -3.22. The third kappa shape index (κ3) is 4.91. The van der Waals surface area contributed by atoms with Gasteiger partial charge in [-0.05, 0) is 26.7 Å². The zero-order valence-electron chi connectivity index (χ0n) is 11.2. The molecular weight excluding hydrogens is 256 g/mol. The molecule has 1 aliphatic rings. The summed E-state index contributed by atoms with van der Waals surface area (Å²) in [5.41, 5.74) is 0. The number of carbonyl (C=O) groups is 1. The van der Waals surface area contributed by atoms with E-state index in [1.807, 2.05) is 6.92 Å². The molecule has 1 saturated heterocycles. The SMILES string of the molecule is CCO[C@@H](C)C(=O)N1CCC[C@H](NS(C)(=O)=O)C1. The van der Waals surface area contributed by atoms with Crippen LogP contribution in [0.5, 0.6) is 0 Å². The number of likely N-dealkylation sites (tertiary alicyclic amines) is 1. The second kappa shape index (κ2) is 6.49. The first-order chi connectivity index (χ1) is 8.33. The van der Waals surface area contributed by atoms with E-state index < -0.39 is 16.1 Å². The smallest absolute Gasteiger partial charge is 0.251 e. The summed E-state index contributed by atoms with van der Waals surface area (Å²) in [4.78, 5) is 13.7. The molecule has 0 bridgehead atoms. The van der Waals surface area contributed by atoms with E-state index in [-0.39, 0.29) is 11.9 Å². The van der Waals surface area contributed by atoms with E-state index in [2.05, 4.69) is 4.72 Å². The molecule has 1 rings (SSSR count). The Labute approximate surface area is 109 Å². The van der Waals surface area contributed by atoms with Gasteiger partial charge in [-0.25, -0.2) is 13.1 Å². The summed E-state index contributed by atoms with van der Waals surface area (Å²) in [6.07, 6.45) is 2.24. The first kappa shape index (κ1) is 15.4. The van der Waals surface area contributed by atoms with Crippen LogP contribution in [0, 0.1) is 0 Å². The predicted molar refractivity (Wildman–Crippen MR) is 68.7 cm³/mol. The van der Waals surface area contributed by atoms with Crippen molar-refractivity contribution < 1.29 is 17.9 Å². The highest BCUT2D eigenvalue weighted by Crippen LogP contribution is 2.12. The van der Waals surface area contributed by atoms with Gasteiger partial charge < -0.3 is 9.64 Å². The van der Waals surface area contributed by atoms with Crippen LogP contribution in [0.1, 0.15) is 26.7 Å². The number of sulfonamides is 1. The first-order valence-electron chi connectivity index (χ1n) is 6.21. The van der Waals surface area contributed by atoms with Crippen molar-refractivity contribution in [3.05, 3.63) is 0 Å². The summed E-state index contributed by atoms with van der Waals surface area (Å²) in [6, 6.07) is -0.188. The van der Waals surface area contributed by atoms with Gasteiger partial charge >= 0.3 is 0 Å². The quantitative estimate of drug-likeness (QED) is 0.765. The number of carbonyl (C=O) groups excluding carboxylic acids is 1. The van der Waals surface area contributed by atoms with Crippen LogP contribution >= 0.6 is 0 Å². The van der Waals surface area contributed by atoms with Gasteiger partial charge in [0, 0.05) is 25.7 Å². The van der Waals surface area contributed by atoms with Crippen molar-refractivity contribution in [2.24, 2.45) is 0 Å². The highest BCUT2D eigenvalue weighted by molar-refractivity contribution is 7.88. The van der Waals surface area contributed by atoms with Gasteiger partial charge in [-0.2, -0.15) is 0 Å². The van der Waals surface area contributed by atoms with Crippen molar-refractivity contribution in [3.63, 3.8) is 0 Å². The third-order valence-electron chi connectivity index (χ3n) is 2.88. The fraction of sp³-hybridized carbons (Fsp3) is 0.909. The summed E-state index contributed by atoms with van der Waals surface area (Å²) < 4.78 is 30.2. The molecule has 18 heavy (non-hydrogen) atoms. The Bertz CT molecular complexity index is 383. The second-order valence-corrected chi connectivity index (χ2v) is 6.39. The van der Waals surface area contributed by atoms with E-state index in [4.69, 9.17) is 4.74 Å². The molecule has 1 heterocycles. The zero-order chi connectivity index (χ0) is 13.8. The number of nitrogens with one attached hydrogen (secondary N) is 1. The van der Waals surface area contributed by atoms with Crippen LogP contribution in [0.3, 0.4) is 0 Å². The van der Waals surface area contributed by atoms with Crippen LogP contribution in [0.4, 0.5) is 0 Å². The highest BCUT2D eigenvalue weighted by Gasteiger charge is 2.28. The number of hydrogen-bond acceptors (Lipinski definition) is 4. The molecule has 0 aromatic carbocycles.